The highest BCUT2D eigenvalue weighted by Gasteiger charge is 2.13. The predicted octanol–water partition coefficient (Wildman–Crippen LogP) is 1.61. The van der Waals surface area contributed by atoms with Crippen LogP contribution in [-0.2, 0) is 4.79 Å². The van der Waals surface area contributed by atoms with E-state index < -0.39 is 5.97 Å². The molecule has 5 heteroatoms. The molecule has 0 unspecified atom stereocenters. The molecule has 0 aliphatic carbocycles. The number of hydrogen-bond donors (Lipinski definition) is 1. The molecule has 0 radical (unpaired) electrons. The van der Waals surface area contributed by atoms with Crippen LogP contribution in [0.15, 0.2) is 28.7 Å². The summed E-state index contributed by atoms with van der Waals surface area (Å²) in [5.74, 6) is -1.33. The van der Waals surface area contributed by atoms with Crippen molar-refractivity contribution in [3.8, 4) is 0 Å². The van der Waals surface area contributed by atoms with Crippen molar-refractivity contribution in [3.63, 3.8) is 0 Å². The lowest BCUT2D eigenvalue weighted by Crippen LogP contribution is -2.31. The van der Waals surface area contributed by atoms with E-state index in [1.807, 2.05) is 0 Å². The van der Waals surface area contributed by atoms with Gasteiger partial charge in [-0.25, -0.2) is 0 Å². The van der Waals surface area contributed by atoms with Crippen molar-refractivity contribution >= 4 is 27.8 Å². The zero-order valence-corrected chi connectivity index (χ0v) is 9.69. The van der Waals surface area contributed by atoms with Crippen molar-refractivity contribution in [2.75, 3.05) is 13.6 Å². The third-order valence-electron chi connectivity index (χ3n) is 1.79. The largest absolute Gasteiger partial charge is 0.480 e. The number of carbonyl (C=O) groups is 2. The van der Waals surface area contributed by atoms with Crippen LogP contribution >= 0.6 is 15.9 Å². The molecule has 0 atom stereocenters. The molecule has 0 fully saturated rings. The minimum Gasteiger partial charge on any atom is -0.480 e. The van der Waals surface area contributed by atoms with E-state index in [4.69, 9.17) is 5.11 Å². The number of hydrogen-bond acceptors (Lipinski definition) is 2. The summed E-state index contributed by atoms with van der Waals surface area (Å²) in [5.41, 5.74) is 0.466. The SMILES string of the molecule is CN(CC(=O)O)C(=O)c1cccc(Br)c1. The number of carbonyl (C=O) groups excluding carboxylic acids is 1. The molecule has 1 aromatic carbocycles. The molecule has 1 N–H and O–H groups in total. The molecule has 0 heterocycles. The Morgan fingerprint density at radius 3 is 2.67 bits per heavy atom. The van der Waals surface area contributed by atoms with Gasteiger partial charge in [-0.1, -0.05) is 22.0 Å². The number of carboxylic acids is 1. The maximum absolute atomic E-state index is 11.7. The minimum absolute atomic E-state index is 0.300. The van der Waals surface area contributed by atoms with E-state index in [1.165, 1.54) is 7.05 Å². The van der Waals surface area contributed by atoms with Gasteiger partial charge in [-0.3, -0.25) is 9.59 Å². The molecular formula is C10H10BrNO3. The van der Waals surface area contributed by atoms with Gasteiger partial charge in [0.05, 0.1) is 0 Å². The molecule has 1 amide bonds. The monoisotopic (exact) mass is 271 g/mol. The number of aliphatic carboxylic acids is 1. The van der Waals surface area contributed by atoms with Crippen LogP contribution in [0, 0.1) is 0 Å². The van der Waals surface area contributed by atoms with Crippen LogP contribution in [0.25, 0.3) is 0 Å². The highest BCUT2D eigenvalue weighted by Crippen LogP contribution is 2.12. The molecule has 0 aliphatic heterocycles. The first-order chi connectivity index (χ1) is 7.00. The molecule has 1 aromatic rings. The molecule has 0 spiro atoms. The number of carboxylic acid groups (broad SMARTS) is 1. The van der Waals surface area contributed by atoms with Gasteiger partial charge < -0.3 is 10.0 Å². The van der Waals surface area contributed by atoms with E-state index in [9.17, 15) is 9.59 Å². The number of amides is 1. The Kier molecular flexibility index (Phi) is 3.85. The average molecular weight is 272 g/mol. The second-order valence-corrected chi connectivity index (χ2v) is 3.98. The number of rotatable bonds is 3. The highest BCUT2D eigenvalue weighted by atomic mass is 79.9. The smallest absolute Gasteiger partial charge is 0.323 e. The number of likely N-dealkylation sites (N-methyl/N-ethyl adjacent to an activating group) is 1. The average Bonchev–Trinajstić information content (AvgIpc) is 2.15. The van der Waals surface area contributed by atoms with E-state index in [2.05, 4.69) is 15.9 Å². The lowest BCUT2D eigenvalue weighted by Gasteiger charge is -2.14. The van der Waals surface area contributed by atoms with Gasteiger partial charge in [-0.15, -0.1) is 0 Å². The van der Waals surface area contributed by atoms with Crippen LogP contribution in [0.5, 0.6) is 0 Å². The maximum atomic E-state index is 11.7. The second kappa shape index (κ2) is 4.93. The van der Waals surface area contributed by atoms with Crippen LogP contribution in [-0.4, -0.2) is 35.5 Å². The Morgan fingerprint density at radius 2 is 2.13 bits per heavy atom. The standard InChI is InChI=1S/C10H10BrNO3/c1-12(6-9(13)14)10(15)7-3-2-4-8(11)5-7/h2-5H,6H2,1H3,(H,13,14). The van der Waals surface area contributed by atoms with Gasteiger partial charge in [-0.2, -0.15) is 0 Å². The molecule has 80 valence electrons. The minimum atomic E-state index is -1.03. The molecule has 0 aliphatic rings. The van der Waals surface area contributed by atoms with E-state index in [1.54, 1.807) is 24.3 Å². The summed E-state index contributed by atoms with van der Waals surface area (Å²) in [6, 6.07) is 6.83. The Labute approximate surface area is 95.6 Å². The molecule has 0 bridgehead atoms. The number of benzene rings is 1. The summed E-state index contributed by atoms with van der Waals surface area (Å²) in [6.45, 7) is -0.300. The van der Waals surface area contributed by atoms with Crippen LogP contribution in [0.2, 0.25) is 0 Å². The van der Waals surface area contributed by atoms with Crippen LogP contribution < -0.4 is 0 Å². The van der Waals surface area contributed by atoms with Gasteiger partial charge in [0, 0.05) is 17.1 Å². The first kappa shape index (κ1) is 11.7. The van der Waals surface area contributed by atoms with Gasteiger partial charge in [0.25, 0.3) is 5.91 Å². The number of halogens is 1. The first-order valence-electron chi connectivity index (χ1n) is 4.23. The van der Waals surface area contributed by atoms with Gasteiger partial charge in [0.2, 0.25) is 0 Å². The summed E-state index contributed by atoms with van der Waals surface area (Å²) < 4.78 is 0.789. The van der Waals surface area contributed by atoms with Crippen LogP contribution in [0.4, 0.5) is 0 Å². The van der Waals surface area contributed by atoms with Crippen molar-refractivity contribution in [3.05, 3.63) is 34.3 Å². The lowest BCUT2D eigenvalue weighted by molar-refractivity contribution is -0.137. The van der Waals surface area contributed by atoms with E-state index in [0.717, 1.165) is 9.37 Å². The van der Waals surface area contributed by atoms with Gasteiger partial charge in [0.15, 0.2) is 0 Å². The summed E-state index contributed by atoms with van der Waals surface area (Å²) >= 11 is 3.24. The van der Waals surface area contributed by atoms with E-state index >= 15 is 0 Å². The molecule has 0 saturated heterocycles. The summed E-state index contributed by atoms with van der Waals surface area (Å²) in [5, 5.41) is 8.53. The van der Waals surface area contributed by atoms with Gasteiger partial charge in [-0.05, 0) is 18.2 Å². The van der Waals surface area contributed by atoms with Gasteiger partial charge in [0.1, 0.15) is 6.54 Å². The lowest BCUT2D eigenvalue weighted by atomic mass is 10.2. The van der Waals surface area contributed by atoms with Crippen LogP contribution in [0.1, 0.15) is 10.4 Å². The number of nitrogens with zero attached hydrogens (tertiary/aromatic N) is 1. The van der Waals surface area contributed by atoms with Crippen molar-refractivity contribution in [1.29, 1.82) is 0 Å². The molecular weight excluding hydrogens is 262 g/mol. The summed E-state index contributed by atoms with van der Waals surface area (Å²) in [4.78, 5) is 23.2. The predicted molar refractivity (Wildman–Crippen MR) is 58.7 cm³/mol. The fourth-order valence-electron chi connectivity index (χ4n) is 1.12. The zero-order chi connectivity index (χ0) is 11.4. The maximum Gasteiger partial charge on any atom is 0.323 e. The second-order valence-electron chi connectivity index (χ2n) is 3.07. The Balaban J connectivity index is 2.80. The first-order valence-corrected chi connectivity index (χ1v) is 5.03. The Bertz CT molecular complexity index is 392. The molecule has 1 rings (SSSR count). The van der Waals surface area contributed by atoms with Crippen molar-refractivity contribution in [1.82, 2.24) is 4.90 Å². The quantitative estimate of drug-likeness (QED) is 0.909. The molecule has 0 saturated carbocycles. The summed E-state index contributed by atoms with van der Waals surface area (Å²) in [7, 11) is 1.46. The molecule has 15 heavy (non-hydrogen) atoms. The van der Waals surface area contributed by atoms with Crippen molar-refractivity contribution < 1.29 is 14.7 Å². The third-order valence-corrected chi connectivity index (χ3v) is 2.28. The fraction of sp³-hybridized carbons (Fsp3) is 0.200. The molecule has 4 nitrogen and oxygen atoms in total. The fourth-order valence-corrected chi connectivity index (χ4v) is 1.52. The normalized spacial score (nSPS) is 9.73. The van der Waals surface area contributed by atoms with Crippen molar-refractivity contribution in [2.45, 2.75) is 0 Å². The Hall–Kier alpha value is -1.36. The van der Waals surface area contributed by atoms with Crippen molar-refractivity contribution in [2.24, 2.45) is 0 Å². The van der Waals surface area contributed by atoms with E-state index in [0.29, 0.717) is 5.56 Å². The zero-order valence-electron chi connectivity index (χ0n) is 8.11. The Morgan fingerprint density at radius 1 is 1.47 bits per heavy atom. The molecule has 0 aromatic heterocycles. The third kappa shape index (κ3) is 3.36. The summed E-state index contributed by atoms with van der Waals surface area (Å²) in [6.07, 6.45) is 0. The topological polar surface area (TPSA) is 57.6 Å². The van der Waals surface area contributed by atoms with Crippen LogP contribution in [0.3, 0.4) is 0 Å². The highest BCUT2D eigenvalue weighted by molar-refractivity contribution is 9.10. The van der Waals surface area contributed by atoms with Gasteiger partial charge >= 0.3 is 5.97 Å². The van der Waals surface area contributed by atoms with E-state index in [-0.39, 0.29) is 12.5 Å².